The number of carboxylic acid groups (broad SMARTS) is 1. The molecule has 0 spiro atoms. The average molecular weight is 279 g/mol. The summed E-state index contributed by atoms with van der Waals surface area (Å²) >= 11 is 0. The number of aromatic carboxylic acids is 1. The Kier molecular flexibility index (Phi) is 3.31. The second kappa shape index (κ2) is 4.80. The maximum atomic E-state index is 11.8. The molecule has 0 aliphatic rings. The zero-order valence-electron chi connectivity index (χ0n) is 11.2. The van der Waals surface area contributed by atoms with Gasteiger partial charge >= 0.3 is 12.1 Å². The van der Waals surface area contributed by atoms with E-state index < -0.39 is 17.7 Å². The van der Waals surface area contributed by atoms with E-state index in [1.807, 2.05) is 0 Å². The Balaban J connectivity index is 2.20. The minimum absolute atomic E-state index is 0.227. The fraction of sp³-hybridized carbons (Fsp3) is 0.333. The van der Waals surface area contributed by atoms with Gasteiger partial charge in [0.25, 0.3) is 0 Å². The molecule has 0 radical (unpaired) electrons. The number of carboxylic acids is 1. The number of aromatic nitrogens is 3. The third-order valence-corrected chi connectivity index (χ3v) is 2.17. The zero-order valence-corrected chi connectivity index (χ0v) is 11.2. The second-order valence-electron chi connectivity index (χ2n) is 5.03. The van der Waals surface area contributed by atoms with Crippen molar-refractivity contribution in [2.24, 2.45) is 0 Å². The van der Waals surface area contributed by atoms with Crippen LogP contribution in [0.25, 0.3) is 11.4 Å². The number of nitrogens with zero attached hydrogens (tertiary/aromatic N) is 3. The minimum atomic E-state index is -1.23. The van der Waals surface area contributed by atoms with Crippen LogP contribution >= 0.6 is 0 Å². The molecule has 0 unspecified atom stereocenters. The summed E-state index contributed by atoms with van der Waals surface area (Å²) < 4.78 is 10.9. The van der Waals surface area contributed by atoms with Crippen molar-refractivity contribution in [3.63, 3.8) is 0 Å². The second-order valence-corrected chi connectivity index (χ2v) is 5.03. The lowest BCUT2D eigenvalue weighted by Crippen LogP contribution is -2.26. The first-order valence-corrected chi connectivity index (χ1v) is 5.74. The van der Waals surface area contributed by atoms with Gasteiger partial charge in [-0.3, -0.25) is 0 Å². The van der Waals surface area contributed by atoms with Crippen LogP contribution in [0.2, 0.25) is 0 Å². The Morgan fingerprint density at radius 2 is 2.05 bits per heavy atom. The predicted molar refractivity (Wildman–Crippen MR) is 66.3 cm³/mol. The largest absolute Gasteiger partial charge is 0.475 e. The summed E-state index contributed by atoms with van der Waals surface area (Å²) in [5.41, 5.74) is -0.0804. The van der Waals surface area contributed by atoms with Crippen molar-refractivity contribution in [2.45, 2.75) is 26.4 Å². The Hall–Kier alpha value is -2.64. The molecule has 20 heavy (non-hydrogen) atoms. The average Bonchev–Trinajstić information content (AvgIpc) is 2.95. The normalized spacial score (nSPS) is 11.3. The molecule has 0 aliphatic carbocycles. The molecule has 0 aromatic carbocycles. The monoisotopic (exact) mass is 279 g/mol. The van der Waals surface area contributed by atoms with Crippen LogP contribution in [0, 0.1) is 0 Å². The summed E-state index contributed by atoms with van der Waals surface area (Å²) in [6, 6.07) is 1.23. The molecule has 0 saturated heterocycles. The molecule has 0 bridgehead atoms. The van der Waals surface area contributed by atoms with Gasteiger partial charge < -0.3 is 14.4 Å². The third kappa shape index (κ3) is 3.02. The van der Waals surface area contributed by atoms with Crippen molar-refractivity contribution in [1.29, 1.82) is 0 Å². The van der Waals surface area contributed by atoms with Crippen LogP contribution in [0.15, 0.2) is 23.1 Å². The van der Waals surface area contributed by atoms with Gasteiger partial charge in [0, 0.05) is 12.3 Å². The summed E-state index contributed by atoms with van der Waals surface area (Å²) in [6.45, 7) is 5.25. The summed E-state index contributed by atoms with van der Waals surface area (Å²) in [6.07, 6.45) is 2.06. The van der Waals surface area contributed by atoms with E-state index in [-0.39, 0.29) is 11.5 Å². The van der Waals surface area contributed by atoms with E-state index in [4.69, 9.17) is 9.84 Å². The number of carbonyl (C=O) groups excluding carboxylic acids is 1. The van der Waals surface area contributed by atoms with Crippen LogP contribution in [0.5, 0.6) is 0 Å². The molecule has 2 aromatic heterocycles. The van der Waals surface area contributed by atoms with E-state index in [2.05, 4.69) is 14.7 Å². The number of hydrogen-bond acceptors (Lipinski definition) is 6. The smallest absolute Gasteiger partial charge is 0.419 e. The van der Waals surface area contributed by atoms with Gasteiger partial charge in [0.2, 0.25) is 5.76 Å². The van der Waals surface area contributed by atoms with Crippen LogP contribution in [-0.2, 0) is 4.74 Å². The van der Waals surface area contributed by atoms with Gasteiger partial charge in [0.15, 0.2) is 0 Å². The molecule has 2 rings (SSSR count). The van der Waals surface area contributed by atoms with E-state index in [9.17, 15) is 9.59 Å². The van der Waals surface area contributed by atoms with E-state index in [0.717, 1.165) is 4.57 Å². The summed E-state index contributed by atoms with van der Waals surface area (Å²) in [7, 11) is 0. The lowest BCUT2D eigenvalue weighted by atomic mass is 10.2. The third-order valence-electron chi connectivity index (χ3n) is 2.17. The Morgan fingerprint density at radius 1 is 1.35 bits per heavy atom. The van der Waals surface area contributed by atoms with Gasteiger partial charge in [-0.15, -0.1) is 0 Å². The molecular formula is C12H13N3O5. The number of hydrogen-bond donors (Lipinski definition) is 1. The fourth-order valence-electron chi connectivity index (χ4n) is 1.37. The summed E-state index contributed by atoms with van der Waals surface area (Å²) in [5.74, 6) is -1.53. The van der Waals surface area contributed by atoms with Crippen molar-refractivity contribution in [3.8, 4) is 11.4 Å². The lowest BCUT2D eigenvalue weighted by Gasteiger charge is -2.18. The molecule has 0 amide bonds. The van der Waals surface area contributed by atoms with Crippen molar-refractivity contribution in [1.82, 2.24) is 14.7 Å². The highest BCUT2D eigenvalue weighted by atomic mass is 16.6. The number of rotatable bonds is 2. The lowest BCUT2D eigenvalue weighted by molar-refractivity contribution is 0.0535. The Morgan fingerprint density at radius 3 is 2.60 bits per heavy atom. The van der Waals surface area contributed by atoms with E-state index in [1.54, 1.807) is 20.8 Å². The Bertz CT molecular complexity index is 650. The van der Waals surface area contributed by atoms with Gasteiger partial charge in [0.1, 0.15) is 23.3 Å². The first-order chi connectivity index (χ1) is 9.26. The van der Waals surface area contributed by atoms with E-state index >= 15 is 0 Å². The van der Waals surface area contributed by atoms with Crippen molar-refractivity contribution < 1.29 is 24.0 Å². The maximum absolute atomic E-state index is 11.8. The minimum Gasteiger partial charge on any atom is -0.475 e. The first kappa shape index (κ1) is 13.8. The first-order valence-electron chi connectivity index (χ1n) is 5.74. The molecule has 2 aromatic rings. The molecule has 0 saturated carbocycles. The molecule has 8 heteroatoms. The van der Waals surface area contributed by atoms with E-state index in [0.29, 0.717) is 5.69 Å². The molecular weight excluding hydrogens is 266 g/mol. The predicted octanol–water partition coefficient (Wildman–Crippen LogP) is 2.02. The van der Waals surface area contributed by atoms with Gasteiger partial charge in [-0.05, 0) is 20.8 Å². The molecule has 0 fully saturated rings. The van der Waals surface area contributed by atoms with Crippen LogP contribution in [0.1, 0.15) is 31.3 Å². The SMILES string of the molecule is CC(C)(C)OC(=O)n1cnc(-c2cc(C(=O)O)on2)c1. The quantitative estimate of drug-likeness (QED) is 0.895. The van der Waals surface area contributed by atoms with Gasteiger partial charge in [0.05, 0.1) is 0 Å². The number of ether oxygens (including phenoxy) is 1. The summed E-state index contributed by atoms with van der Waals surface area (Å²) in [5, 5.41) is 12.3. The van der Waals surface area contributed by atoms with Crippen LogP contribution in [0.4, 0.5) is 4.79 Å². The molecule has 0 aliphatic heterocycles. The molecule has 106 valence electrons. The fourth-order valence-corrected chi connectivity index (χ4v) is 1.37. The maximum Gasteiger partial charge on any atom is 0.419 e. The van der Waals surface area contributed by atoms with Crippen LogP contribution in [-0.4, -0.2) is 37.5 Å². The van der Waals surface area contributed by atoms with Crippen molar-refractivity contribution >= 4 is 12.1 Å². The topological polar surface area (TPSA) is 107 Å². The zero-order chi connectivity index (χ0) is 14.9. The highest BCUT2D eigenvalue weighted by Gasteiger charge is 2.19. The van der Waals surface area contributed by atoms with Crippen molar-refractivity contribution in [3.05, 3.63) is 24.4 Å². The highest BCUT2D eigenvalue weighted by molar-refractivity contribution is 5.85. The Labute approximate surface area is 114 Å². The summed E-state index contributed by atoms with van der Waals surface area (Å²) in [4.78, 5) is 26.4. The van der Waals surface area contributed by atoms with E-state index in [1.165, 1.54) is 18.6 Å². The molecule has 0 atom stereocenters. The van der Waals surface area contributed by atoms with Gasteiger partial charge in [-0.2, -0.15) is 0 Å². The number of imidazole rings is 1. The van der Waals surface area contributed by atoms with Gasteiger partial charge in [-0.25, -0.2) is 19.1 Å². The van der Waals surface area contributed by atoms with Crippen LogP contribution < -0.4 is 0 Å². The standard InChI is InChI=1S/C12H13N3O5/c1-12(2,3)19-11(18)15-5-8(13-6-15)7-4-9(10(16)17)20-14-7/h4-6H,1-3H3,(H,16,17). The highest BCUT2D eigenvalue weighted by Crippen LogP contribution is 2.17. The van der Waals surface area contributed by atoms with Gasteiger partial charge in [-0.1, -0.05) is 5.16 Å². The molecule has 1 N–H and O–H groups in total. The molecule has 8 nitrogen and oxygen atoms in total. The number of carbonyl (C=O) groups is 2. The van der Waals surface area contributed by atoms with Crippen molar-refractivity contribution in [2.75, 3.05) is 0 Å². The van der Waals surface area contributed by atoms with Crippen LogP contribution in [0.3, 0.4) is 0 Å². The molecule has 2 heterocycles.